The second-order valence-corrected chi connectivity index (χ2v) is 39.5. The minimum Gasteiger partial charge on any atom is -0.144 e. The van der Waals surface area contributed by atoms with Gasteiger partial charge in [-0.1, -0.05) is 488 Å². The lowest BCUT2D eigenvalue weighted by molar-refractivity contribution is 0.352. The summed E-state index contributed by atoms with van der Waals surface area (Å²) in [6, 6.07) is 5.36. The highest BCUT2D eigenvalue weighted by molar-refractivity contribution is 7.17. The zero-order valence-electron chi connectivity index (χ0n) is 69.9. The van der Waals surface area contributed by atoms with E-state index in [1.807, 2.05) is 21.5 Å². The van der Waals surface area contributed by atoms with Gasteiger partial charge in [-0.2, -0.15) is 0 Å². The highest BCUT2D eigenvalue weighted by Crippen LogP contribution is 2.55. The standard InChI is InChI=1S/C99H174S2Si2/c1-5-9-13-17-21-25-29-33-37-41-45-49-53-57-61-65-69-73-77-89-81-94(100-87-89)92-83-91-84-96-93(85-97(103-102-96)95-82-90(88-101-95)78-74-70-66-62-58-54-50-46-42-38-34-30-26-22-18-14-10-6-2)98(91)99(86-92,79-75-71-67-63-59-55-51-47-43-39-35-31-27-23-19-15-11-7-3)80-76-72-68-64-60-56-52-48-44-40-36-32-28-24-20-16-12-8-4/h81-83,86-88H,5-80,84-85H2,1-4H3. The molecule has 0 unspecified atom stereocenters. The molecule has 4 heteroatoms. The van der Waals surface area contributed by atoms with E-state index in [1.165, 1.54) is 501 Å². The lowest BCUT2D eigenvalue weighted by Crippen LogP contribution is -2.27. The second-order valence-electron chi connectivity index (χ2n) is 34.5. The fourth-order valence-corrected chi connectivity index (χ4v) is 24.2. The van der Waals surface area contributed by atoms with Crippen molar-refractivity contribution in [1.82, 2.24) is 0 Å². The van der Waals surface area contributed by atoms with E-state index < -0.39 is 0 Å². The first kappa shape index (κ1) is 92.4. The van der Waals surface area contributed by atoms with Crippen LogP contribution in [0.4, 0.5) is 0 Å². The number of allylic oxidation sites excluding steroid dienone is 6. The molecule has 0 spiro atoms. The summed E-state index contributed by atoms with van der Waals surface area (Å²) >= 11 is 4.20. The number of hydrogen-bond acceptors (Lipinski definition) is 2. The molecule has 5 rings (SSSR count). The zero-order valence-corrected chi connectivity index (χ0v) is 73.6. The minimum absolute atomic E-state index is 0.168. The van der Waals surface area contributed by atoms with E-state index in [9.17, 15) is 0 Å². The van der Waals surface area contributed by atoms with Crippen molar-refractivity contribution in [2.45, 2.75) is 529 Å². The van der Waals surface area contributed by atoms with Gasteiger partial charge in [-0.15, -0.1) is 22.7 Å². The number of thiophene rings is 2. The molecular weight excluding hydrogens is 1310 g/mol. The highest BCUT2D eigenvalue weighted by Gasteiger charge is 2.42. The van der Waals surface area contributed by atoms with Crippen molar-refractivity contribution >= 4 is 55.9 Å². The Morgan fingerprint density at radius 3 is 0.806 bits per heavy atom. The Morgan fingerprint density at radius 2 is 0.515 bits per heavy atom. The maximum Gasteiger partial charge on any atom is 0.0367 e. The zero-order chi connectivity index (χ0) is 72.5. The van der Waals surface area contributed by atoms with Crippen molar-refractivity contribution in [3.05, 3.63) is 72.6 Å². The van der Waals surface area contributed by atoms with Gasteiger partial charge in [-0.05, 0) is 119 Å². The maximum atomic E-state index is 2.97. The van der Waals surface area contributed by atoms with Gasteiger partial charge in [0, 0.05) is 32.5 Å². The number of hydrogen-bond donors (Lipinski definition) is 0. The Labute approximate surface area is 657 Å². The Bertz CT molecular complexity index is 2360. The highest BCUT2D eigenvalue weighted by atomic mass is 32.1. The fourth-order valence-electron chi connectivity index (χ4n) is 18.0. The molecule has 0 fully saturated rings. The van der Waals surface area contributed by atoms with Gasteiger partial charge < -0.3 is 0 Å². The van der Waals surface area contributed by atoms with E-state index in [4.69, 9.17) is 0 Å². The number of unbranched alkanes of at least 4 members (excludes halogenated alkanes) is 68. The van der Waals surface area contributed by atoms with Gasteiger partial charge in [0.05, 0.1) is 0 Å². The average Bonchev–Trinajstić information content (AvgIpc) is 1.60. The molecule has 2 aliphatic carbocycles. The predicted octanol–water partition coefficient (Wildman–Crippen LogP) is 35.0. The van der Waals surface area contributed by atoms with E-state index in [0.717, 1.165) is 17.3 Å². The van der Waals surface area contributed by atoms with Crippen molar-refractivity contribution in [1.29, 1.82) is 0 Å². The Morgan fingerprint density at radius 1 is 0.272 bits per heavy atom. The van der Waals surface area contributed by atoms with Gasteiger partial charge in [0.1, 0.15) is 0 Å². The van der Waals surface area contributed by atoms with Crippen LogP contribution in [0.2, 0.25) is 0 Å². The first-order valence-corrected chi connectivity index (χ1v) is 52.4. The molecule has 3 heterocycles. The molecule has 2 aromatic rings. The molecule has 2 radical (unpaired) electrons. The average molecular weight is 1480 g/mol. The quantitative estimate of drug-likeness (QED) is 0.0457. The maximum absolute atomic E-state index is 2.97. The Balaban J connectivity index is 1.16. The van der Waals surface area contributed by atoms with E-state index in [1.54, 1.807) is 32.0 Å². The summed E-state index contributed by atoms with van der Waals surface area (Å²) in [7, 11) is 1.98. The molecule has 0 N–H and O–H groups in total. The van der Waals surface area contributed by atoms with Gasteiger partial charge in [0.2, 0.25) is 0 Å². The van der Waals surface area contributed by atoms with Crippen molar-refractivity contribution in [3.63, 3.8) is 0 Å². The molecule has 0 amide bonds. The summed E-state index contributed by atoms with van der Waals surface area (Å²) in [5, 5.41) is 8.84. The van der Waals surface area contributed by atoms with Crippen LogP contribution in [0.1, 0.15) is 537 Å². The van der Waals surface area contributed by atoms with Crippen LogP contribution in [-0.2, 0) is 12.8 Å². The van der Waals surface area contributed by atoms with Crippen LogP contribution in [0.3, 0.4) is 0 Å². The first-order valence-electron chi connectivity index (χ1n) is 47.7. The van der Waals surface area contributed by atoms with Gasteiger partial charge in [0.25, 0.3) is 0 Å². The summed E-state index contributed by atoms with van der Waals surface area (Å²) in [4.78, 5) is 3.23. The molecule has 3 aliphatic rings. The van der Waals surface area contributed by atoms with Gasteiger partial charge in [-0.3, -0.25) is 0 Å². The van der Waals surface area contributed by atoms with Crippen molar-refractivity contribution in [3.8, 4) is 0 Å². The topological polar surface area (TPSA) is 0 Å². The molecule has 103 heavy (non-hydrogen) atoms. The van der Waals surface area contributed by atoms with Gasteiger partial charge in [-0.25, -0.2) is 0 Å². The normalized spacial score (nSPS) is 14.3. The lowest BCUT2D eigenvalue weighted by atomic mass is 9.66. The summed E-state index contributed by atoms with van der Waals surface area (Å²) in [6.07, 6.45) is 118. The van der Waals surface area contributed by atoms with Crippen LogP contribution < -0.4 is 0 Å². The number of aryl methyl sites for hydroxylation is 2. The van der Waals surface area contributed by atoms with E-state index in [-0.39, 0.29) is 5.41 Å². The molecule has 0 bridgehead atoms. The molecule has 0 atom stereocenters. The van der Waals surface area contributed by atoms with Crippen molar-refractivity contribution < 1.29 is 0 Å². The molecular formula is C99H174S2Si2. The van der Waals surface area contributed by atoms with Crippen LogP contribution >= 0.6 is 22.7 Å². The summed E-state index contributed by atoms with van der Waals surface area (Å²) < 4.78 is 0. The van der Waals surface area contributed by atoms with Crippen molar-refractivity contribution in [2.75, 3.05) is 0 Å². The molecule has 0 nitrogen and oxygen atoms in total. The summed E-state index contributed by atoms with van der Waals surface area (Å²) in [5.41, 5.74) is 10.5. The minimum atomic E-state index is 0.168. The monoisotopic (exact) mass is 1480 g/mol. The molecule has 0 saturated carbocycles. The summed E-state index contributed by atoms with van der Waals surface area (Å²) in [6.45, 7) is 9.33. The Hall–Kier alpha value is -1.21. The fraction of sp³-hybridized carbons (Fsp3) is 0.838. The molecule has 1 aliphatic heterocycles. The third-order valence-electron chi connectivity index (χ3n) is 24.8. The van der Waals surface area contributed by atoms with E-state index in [2.05, 4.69) is 85.4 Å². The van der Waals surface area contributed by atoms with Gasteiger partial charge >= 0.3 is 0 Å². The number of rotatable bonds is 78. The smallest absolute Gasteiger partial charge is 0.0367 e. The van der Waals surface area contributed by atoms with Crippen LogP contribution in [0.25, 0.3) is 5.57 Å². The van der Waals surface area contributed by atoms with Gasteiger partial charge in [0.15, 0.2) is 0 Å². The predicted molar refractivity (Wildman–Crippen MR) is 476 cm³/mol. The summed E-state index contributed by atoms with van der Waals surface area (Å²) in [5.74, 6) is 0. The van der Waals surface area contributed by atoms with Crippen molar-refractivity contribution in [2.24, 2.45) is 5.41 Å². The SMILES string of the molecule is CCCCCCCCCCCCCCCCCCCCc1csc(C2=CC(CCCCCCCCCCCCCCCCCCCC)(CCCCCCCCCCCCCCCCCCCC)C3=C4CC(c5cc(CCCCCCCCCCCCCCCCCCCC)cs5)=[Si][Si]=C4CC3=C2)c1. The third-order valence-corrected chi connectivity index (χ3v) is 30.9. The second kappa shape index (κ2) is 66.6. The molecule has 0 saturated heterocycles. The third kappa shape index (κ3) is 45.7. The van der Waals surface area contributed by atoms with Crippen LogP contribution in [-0.4, -0.2) is 27.6 Å². The molecule has 590 valence electrons. The first-order chi connectivity index (χ1) is 51.1. The van der Waals surface area contributed by atoms with E-state index >= 15 is 0 Å². The van der Waals surface area contributed by atoms with E-state index in [0.29, 0.717) is 0 Å². The van der Waals surface area contributed by atoms with Crippen LogP contribution in [0, 0.1) is 5.41 Å². The van der Waals surface area contributed by atoms with Crippen LogP contribution in [0.15, 0.2) is 51.8 Å². The molecule has 0 aromatic carbocycles. The molecule has 2 aromatic heterocycles. The van der Waals surface area contributed by atoms with Crippen LogP contribution in [0.5, 0.6) is 0 Å². The lowest BCUT2D eigenvalue weighted by Gasteiger charge is -2.38. The number of fused-ring (bicyclic) bond motifs is 2. The largest absolute Gasteiger partial charge is 0.144 e. The Kier molecular flexibility index (Phi) is 59.7.